The lowest BCUT2D eigenvalue weighted by Crippen LogP contribution is -2.44. The summed E-state index contributed by atoms with van der Waals surface area (Å²) in [5, 5.41) is 0. The molecule has 0 aliphatic carbocycles. The number of likely N-dealkylation sites (tertiary alicyclic amines) is 1. The second kappa shape index (κ2) is 8.01. The molecule has 3 nitrogen and oxygen atoms in total. The molecule has 6 heteroatoms. The van der Waals surface area contributed by atoms with Gasteiger partial charge >= 0.3 is 6.18 Å². The van der Waals surface area contributed by atoms with Crippen LogP contribution in [0.5, 0.6) is 0 Å². The first kappa shape index (κ1) is 18.8. The van der Waals surface area contributed by atoms with Crippen LogP contribution in [-0.4, -0.2) is 41.9 Å². The van der Waals surface area contributed by atoms with Gasteiger partial charge in [-0.15, -0.1) is 0 Å². The van der Waals surface area contributed by atoms with E-state index in [-0.39, 0.29) is 11.8 Å². The number of carbonyl (C=O) groups is 1. The van der Waals surface area contributed by atoms with Crippen LogP contribution in [0.2, 0.25) is 0 Å². The Labute approximate surface area is 141 Å². The molecular formula is C18H25F3N2O. The molecule has 134 valence electrons. The third-order valence-electron chi connectivity index (χ3n) is 4.59. The number of carbonyl (C=O) groups excluding carboxylic acids is 1. The Morgan fingerprint density at radius 3 is 2.62 bits per heavy atom. The largest absolute Gasteiger partial charge is 0.416 e. The Morgan fingerprint density at radius 2 is 2.00 bits per heavy atom. The molecule has 1 amide bonds. The van der Waals surface area contributed by atoms with Crippen LogP contribution in [0.1, 0.15) is 37.8 Å². The highest BCUT2D eigenvalue weighted by molar-refractivity contribution is 5.79. The Bertz CT molecular complexity index is 555. The van der Waals surface area contributed by atoms with Crippen molar-refractivity contribution >= 4 is 5.91 Å². The Kier molecular flexibility index (Phi) is 6.27. The summed E-state index contributed by atoms with van der Waals surface area (Å²) < 4.78 is 38.5. The van der Waals surface area contributed by atoms with Crippen molar-refractivity contribution in [2.24, 2.45) is 5.92 Å². The highest BCUT2D eigenvalue weighted by Gasteiger charge is 2.31. The molecular weight excluding hydrogens is 317 g/mol. The van der Waals surface area contributed by atoms with E-state index in [0.717, 1.165) is 25.5 Å². The Morgan fingerprint density at radius 1 is 1.29 bits per heavy atom. The van der Waals surface area contributed by atoms with E-state index >= 15 is 0 Å². The molecule has 24 heavy (non-hydrogen) atoms. The average Bonchev–Trinajstić information content (AvgIpc) is 2.55. The van der Waals surface area contributed by atoms with Crippen molar-refractivity contribution in [1.29, 1.82) is 0 Å². The van der Waals surface area contributed by atoms with Crippen molar-refractivity contribution in [3.8, 4) is 0 Å². The summed E-state index contributed by atoms with van der Waals surface area (Å²) in [4.78, 5) is 16.4. The summed E-state index contributed by atoms with van der Waals surface area (Å²) in [6.07, 6.45) is -2.57. The highest BCUT2D eigenvalue weighted by Crippen LogP contribution is 2.30. The Hall–Kier alpha value is -1.56. The number of hydrogen-bond acceptors (Lipinski definition) is 2. The minimum atomic E-state index is -4.32. The SMILES string of the molecule is CCN(CC)C(=O)[C@H]1CCCN(Cc2cccc(C(F)(F)F)c2)C1. The number of nitrogens with zero attached hydrogens (tertiary/aromatic N) is 2. The maximum absolute atomic E-state index is 12.8. The summed E-state index contributed by atoms with van der Waals surface area (Å²) in [5.74, 6) is 0.109. The normalized spacial score (nSPS) is 19.3. The number of alkyl halides is 3. The van der Waals surface area contributed by atoms with E-state index in [9.17, 15) is 18.0 Å². The van der Waals surface area contributed by atoms with Gasteiger partial charge < -0.3 is 4.90 Å². The van der Waals surface area contributed by atoms with Crippen LogP contribution in [-0.2, 0) is 17.5 Å². The molecule has 0 aromatic heterocycles. The molecule has 0 spiro atoms. The average molecular weight is 342 g/mol. The predicted molar refractivity (Wildman–Crippen MR) is 87.4 cm³/mol. The molecule has 2 rings (SSSR count). The van der Waals surface area contributed by atoms with Gasteiger partial charge in [-0.3, -0.25) is 9.69 Å². The van der Waals surface area contributed by atoms with E-state index in [1.807, 2.05) is 18.7 Å². The van der Waals surface area contributed by atoms with Crippen LogP contribution in [0.15, 0.2) is 24.3 Å². The van der Waals surface area contributed by atoms with Gasteiger partial charge in [-0.25, -0.2) is 0 Å². The molecule has 1 fully saturated rings. The summed E-state index contributed by atoms with van der Waals surface area (Å²) in [7, 11) is 0. The maximum Gasteiger partial charge on any atom is 0.416 e. The Balaban J connectivity index is 2.02. The third-order valence-corrected chi connectivity index (χ3v) is 4.59. The fourth-order valence-corrected chi connectivity index (χ4v) is 3.30. The molecule has 1 aliphatic heterocycles. The lowest BCUT2D eigenvalue weighted by atomic mass is 9.96. The topological polar surface area (TPSA) is 23.6 Å². The zero-order valence-corrected chi connectivity index (χ0v) is 14.3. The zero-order chi connectivity index (χ0) is 17.7. The van der Waals surface area contributed by atoms with Crippen LogP contribution >= 0.6 is 0 Å². The first-order valence-electron chi connectivity index (χ1n) is 8.52. The maximum atomic E-state index is 12.8. The van der Waals surface area contributed by atoms with Gasteiger partial charge in [-0.2, -0.15) is 13.2 Å². The molecule has 0 bridgehead atoms. The summed E-state index contributed by atoms with van der Waals surface area (Å²) in [6.45, 7) is 7.20. The van der Waals surface area contributed by atoms with E-state index in [2.05, 4.69) is 4.90 Å². The predicted octanol–water partition coefficient (Wildman–Crippen LogP) is 3.79. The fourth-order valence-electron chi connectivity index (χ4n) is 3.30. The molecule has 1 heterocycles. The second-order valence-electron chi connectivity index (χ2n) is 6.28. The lowest BCUT2D eigenvalue weighted by Gasteiger charge is -2.34. The van der Waals surface area contributed by atoms with Gasteiger partial charge in [0, 0.05) is 26.2 Å². The van der Waals surface area contributed by atoms with Crippen molar-refractivity contribution in [3.05, 3.63) is 35.4 Å². The van der Waals surface area contributed by atoms with Gasteiger partial charge in [0.05, 0.1) is 11.5 Å². The summed E-state index contributed by atoms with van der Waals surface area (Å²) >= 11 is 0. The molecule has 0 unspecified atom stereocenters. The smallest absolute Gasteiger partial charge is 0.343 e. The minimum absolute atomic E-state index is 0.0514. The molecule has 0 radical (unpaired) electrons. The number of rotatable bonds is 5. The number of piperidine rings is 1. The van der Waals surface area contributed by atoms with Gasteiger partial charge in [0.15, 0.2) is 0 Å². The van der Waals surface area contributed by atoms with Gasteiger partial charge in [-0.1, -0.05) is 18.2 Å². The first-order chi connectivity index (χ1) is 11.3. The number of hydrogen-bond donors (Lipinski definition) is 0. The van der Waals surface area contributed by atoms with Crippen LogP contribution in [0.3, 0.4) is 0 Å². The number of halogens is 3. The van der Waals surface area contributed by atoms with Crippen LogP contribution < -0.4 is 0 Å². The first-order valence-corrected chi connectivity index (χ1v) is 8.52. The fraction of sp³-hybridized carbons (Fsp3) is 0.611. The van der Waals surface area contributed by atoms with E-state index in [0.29, 0.717) is 31.7 Å². The van der Waals surface area contributed by atoms with E-state index in [4.69, 9.17) is 0 Å². The highest BCUT2D eigenvalue weighted by atomic mass is 19.4. The summed E-state index contributed by atoms with van der Waals surface area (Å²) in [6, 6.07) is 5.45. The van der Waals surface area contributed by atoms with Crippen molar-refractivity contribution < 1.29 is 18.0 Å². The number of benzene rings is 1. The van der Waals surface area contributed by atoms with Crippen molar-refractivity contribution in [3.63, 3.8) is 0 Å². The zero-order valence-electron chi connectivity index (χ0n) is 14.3. The molecule has 0 saturated carbocycles. The molecule has 1 aromatic rings. The van der Waals surface area contributed by atoms with E-state index in [1.165, 1.54) is 12.1 Å². The lowest BCUT2D eigenvalue weighted by molar-refractivity contribution is -0.137. The third kappa shape index (κ3) is 4.72. The van der Waals surface area contributed by atoms with Gasteiger partial charge in [0.2, 0.25) is 5.91 Å². The van der Waals surface area contributed by atoms with Crippen LogP contribution in [0, 0.1) is 5.92 Å². The summed E-state index contributed by atoms with van der Waals surface area (Å²) in [5.41, 5.74) is 0.0218. The van der Waals surface area contributed by atoms with Gasteiger partial charge in [0.1, 0.15) is 0 Å². The van der Waals surface area contributed by atoms with Crippen molar-refractivity contribution in [1.82, 2.24) is 9.80 Å². The monoisotopic (exact) mass is 342 g/mol. The molecule has 1 atom stereocenters. The minimum Gasteiger partial charge on any atom is -0.343 e. The molecule has 1 aromatic carbocycles. The number of amides is 1. The van der Waals surface area contributed by atoms with Crippen LogP contribution in [0.4, 0.5) is 13.2 Å². The molecule has 1 saturated heterocycles. The van der Waals surface area contributed by atoms with Crippen LogP contribution in [0.25, 0.3) is 0 Å². The van der Waals surface area contributed by atoms with Crippen molar-refractivity contribution in [2.45, 2.75) is 39.4 Å². The van der Waals surface area contributed by atoms with E-state index in [1.54, 1.807) is 6.07 Å². The second-order valence-corrected chi connectivity index (χ2v) is 6.28. The van der Waals surface area contributed by atoms with Gasteiger partial charge in [0.25, 0.3) is 0 Å². The quantitative estimate of drug-likeness (QED) is 0.813. The van der Waals surface area contributed by atoms with Crippen molar-refractivity contribution in [2.75, 3.05) is 26.2 Å². The van der Waals surface area contributed by atoms with Gasteiger partial charge in [-0.05, 0) is 44.9 Å². The molecule has 0 N–H and O–H groups in total. The standard InChI is InChI=1S/C18H25F3N2O/c1-3-23(4-2)17(24)15-8-6-10-22(13-15)12-14-7-5-9-16(11-14)18(19,20)21/h5,7,9,11,15H,3-4,6,8,10,12-13H2,1-2H3/t15-/m0/s1. The van der Waals surface area contributed by atoms with E-state index < -0.39 is 11.7 Å². The molecule has 1 aliphatic rings.